The minimum Gasteiger partial charge on any atom is -0.390 e. The summed E-state index contributed by atoms with van der Waals surface area (Å²) < 4.78 is 52.7. The molecule has 17 nitrogen and oxygen atoms in total. The van der Waals surface area contributed by atoms with E-state index in [1.54, 1.807) is 11.6 Å². The molecule has 0 radical (unpaired) electrons. The highest BCUT2D eigenvalue weighted by Gasteiger charge is 2.42. The number of aliphatic hydroxyl groups excluding tert-OH is 1. The quantitative estimate of drug-likeness (QED) is 0.237. The Morgan fingerprint density at radius 3 is 2.50 bits per heavy atom. The smallest absolute Gasteiger partial charge is 0.390 e. The van der Waals surface area contributed by atoms with Gasteiger partial charge < -0.3 is 39.3 Å². The van der Waals surface area contributed by atoms with Gasteiger partial charge in [-0.15, -0.1) is 0 Å². The molecular weight excluding hydrogens is 499 g/mol. The van der Waals surface area contributed by atoms with Crippen LogP contribution >= 0.6 is 23.5 Å². The van der Waals surface area contributed by atoms with E-state index in [0.29, 0.717) is 17.0 Å². The van der Waals surface area contributed by atoms with Crippen molar-refractivity contribution in [2.24, 2.45) is 0 Å². The number of rotatable bonds is 9. The molecule has 3 rings (SSSR count). The van der Waals surface area contributed by atoms with Crippen LogP contribution in [0, 0.1) is 0 Å². The van der Waals surface area contributed by atoms with Crippen LogP contribution < -0.4 is 5.32 Å². The number of phosphoric acid groups is 3. The topological polar surface area (TPSA) is 245 Å². The van der Waals surface area contributed by atoms with Crippen molar-refractivity contribution in [3.05, 3.63) is 12.7 Å². The molecule has 6 N–H and O–H groups in total. The number of hydrogen-bond acceptors (Lipinski definition) is 12. The van der Waals surface area contributed by atoms with Crippen LogP contribution in [0.15, 0.2) is 12.7 Å². The molecule has 1 saturated heterocycles. The van der Waals surface area contributed by atoms with E-state index in [-0.39, 0.29) is 13.0 Å². The van der Waals surface area contributed by atoms with Crippen molar-refractivity contribution in [3.8, 4) is 0 Å². The highest BCUT2D eigenvalue weighted by Crippen LogP contribution is 2.66. The second-order valence-electron chi connectivity index (χ2n) is 6.51. The number of aliphatic hydroxyl groups is 1. The third-order valence-corrected chi connectivity index (χ3v) is 8.05. The highest BCUT2D eigenvalue weighted by molar-refractivity contribution is 7.66. The summed E-state index contributed by atoms with van der Waals surface area (Å²) in [5, 5.41) is 13.3. The van der Waals surface area contributed by atoms with Crippen molar-refractivity contribution in [3.63, 3.8) is 0 Å². The number of nitrogens with one attached hydrogen (secondary N) is 1. The number of phosphoric ester groups is 1. The van der Waals surface area contributed by atoms with Crippen molar-refractivity contribution < 1.29 is 56.3 Å². The lowest BCUT2D eigenvalue weighted by Crippen LogP contribution is -2.42. The Hall–Kier alpha value is -1.32. The Morgan fingerprint density at radius 1 is 1.16 bits per heavy atom. The van der Waals surface area contributed by atoms with Gasteiger partial charge in [-0.25, -0.2) is 28.6 Å². The molecule has 0 aromatic carbocycles. The summed E-state index contributed by atoms with van der Waals surface area (Å²) in [7, 11) is -14.8. The van der Waals surface area contributed by atoms with Crippen molar-refractivity contribution in [1.29, 1.82) is 0 Å². The van der Waals surface area contributed by atoms with Crippen LogP contribution in [-0.4, -0.2) is 76.7 Å². The molecule has 0 bridgehead atoms. The number of nitrogens with zero attached hydrogens (tertiary/aromatic N) is 4. The van der Waals surface area contributed by atoms with E-state index in [1.807, 2.05) is 0 Å². The third-order valence-electron chi connectivity index (χ3n) is 4.25. The van der Waals surface area contributed by atoms with E-state index < -0.39 is 48.3 Å². The third kappa shape index (κ3) is 6.38. The van der Waals surface area contributed by atoms with Crippen LogP contribution in [0.1, 0.15) is 12.5 Å². The molecule has 0 aliphatic carbocycles. The second kappa shape index (κ2) is 9.50. The van der Waals surface area contributed by atoms with Crippen LogP contribution in [0.5, 0.6) is 0 Å². The first-order chi connectivity index (χ1) is 14.8. The van der Waals surface area contributed by atoms with Crippen LogP contribution in [0.2, 0.25) is 0 Å². The van der Waals surface area contributed by atoms with E-state index in [4.69, 9.17) is 19.4 Å². The van der Waals surface area contributed by atoms with Gasteiger partial charge >= 0.3 is 23.5 Å². The Kier molecular flexibility index (Phi) is 7.52. The molecule has 3 heterocycles. The van der Waals surface area contributed by atoms with Gasteiger partial charge in [-0.05, 0) is 6.42 Å². The number of ether oxygens (including phenoxy) is 1. The van der Waals surface area contributed by atoms with Gasteiger partial charge in [0.1, 0.15) is 17.9 Å². The molecule has 2 aromatic rings. The zero-order valence-corrected chi connectivity index (χ0v) is 18.9. The van der Waals surface area contributed by atoms with E-state index in [2.05, 4.69) is 33.4 Å². The summed E-state index contributed by atoms with van der Waals surface area (Å²) >= 11 is 0. The summed E-state index contributed by atoms with van der Waals surface area (Å²) in [6.45, 7) is -0.708. The molecule has 32 heavy (non-hydrogen) atoms. The van der Waals surface area contributed by atoms with Crippen molar-refractivity contribution in [2.75, 3.05) is 25.6 Å². The van der Waals surface area contributed by atoms with Gasteiger partial charge in [0.15, 0.2) is 11.5 Å². The SMILES string of the molecule is CNc1ncnc2c1ncn2[C@@H]1CO[C@H](COP(=O)(O)OP(=O)(O)OP(=O)(O)O)[C@@H](O)C1. The van der Waals surface area contributed by atoms with E-state index >= 15 is 0 Å². The largest absolute Gasteiger partial charge is 0.490 e. The molecule has 180 valence electrons. The van der Waals surface area contributed by atoms with E-state index in [1.165, 1.54) is 12.7 Å². The standard InChI is InChI=1S/C12H20N5O12P3/c1-13-11-10-12(15-5-14-11)17(6-16-10)7-2-8(18)9(26-3-7)4-27-31(22,23)29-32(24,25)28-30(19,20)21/h5-9,18H,2-4H2,1H3,(H,22,23)(H,24,25)(H,13,14,15)(H2,19,20,21)/t7-,8-,9+/m0/s1. The molecule has 1 aliphatic heterocycles. The number of aromatic nitrogens is 4. The second-order valence-corrected chi connectivity index (χ2v) is 10.9. The van der Waals surface area contributed by atoms with Crippen LogP contribution in [0.4, 0.5) is 5.82 Å². The lowest BCUT2D eigenvalue weighted by atomic mass is 10.0. The Balaban J connectivity index is 1.60. The van der Waals surface area contributed by atoms with Gasteiger partial charge in [-0.2, -0.15) is 8.62 Å². The summed E-state index contributed by atoms with van der Waals surface area (Å²) in [5.74, 6) is 0.514. The molecule has 20 heteroatoms. The van der Waals surface area contributed by atoms with Crippen molar-refractivity contribution in [2.45, 2.75) is 24.7 Å². The van der Waals surface area contributed by atoms with Gasteiger partial charge in [0.25, 0.3) is 0 Å². The summed E-state index contributed by atoms with van der Waals surface area (Å²) in [6, 6.07) is -0.391. The number of fused-ring (bicyclic) bond motifs is 1. The number of anilines is 1. The first-order valence-electron chi connectivity index (χ1n) is 8.73. The van der Waals surface area contributed by atoms with Crippen molar-refractivity contribution >= 4 is 40.4 Å². The normalized spacial score (nSPS) is 25.9. The summed E-state index contributed by atoms with van der Waals surface area (Å²) in [6.07, 6.45) is 0.664. The zero-order chi connectivity index (χ0) is 23.7. The summed E-state index contributed by atoms with van der Waals surface area (Å²) in [5.41, 5.74) is 1.01. The lowest BCUT2D eigenvalue weighted by Gasteiger charge is -2.34. The molecule has 5 atom stereocenters. The van der Waals surface area contributed by atoms with E-state index in [0.717, 1.165) is 0 Å². The maximum Gasteiger partial charge on any atom is 0.490 e. The molecular formula is C12H20N5O12P3. The summed E-state index contributed by atoms with van der Waals surface area (Å²) in [4.78, 5) is 48.2. The highest BCUT2D eigenvalue weighted by atomic mass is 31.3. The monoisotopic (exact) mass is 519 g/mol. The first-order valence-corrected chi connectivity index (χ1v) is 13.3. The van der Waals surface area contributed by atoms with Gasteiger partial charge in [-0.1, -0.05) is 0 Å². The molecule has 1 aliphatic rings. The van der Waals surface area contributed by atoms with Crippen LogP contribution in [0.3, 0.4) is 0 Å². The number of imidazole rings is 1. The van der Waals surface area contributed by atoms with Gasteiger partial charge in [0.05, 0.1) is 31.7 Å². The maximum absolute atomic E-state index is 11.8. The molecule has 0 saturated carbocycles. The van der Waals surface area contributed by atoms with Crippen molar-refractivity contribution in [1.82, 2.24) is 19.5 Å². The van der Waals surface area contributed by atoms with E-state index in [9.17, 15) is 23.7 Å². The zero-order valence-electron chi connectivity index (χ0n) is 16.2. The maximum atomic E-state index is 11.8. The van der Waals surface area contributed by atoms with Crippen LogP contribution in [0.25, 0.3) is 11.2 Å². The first kappa shape index (κ1) is 25.3. The fraction of sp³-hybridized carbons (Fsp3) is 0.583. The molecule has 2 aromatic heterocycles. The molecule has 2 unspecified atom stereocenters. The minimum absolute atomic E-state index is 0.0336. The minimum atomic E-state index is -5.63. The molecule has 0 amide bonds. The molecule has 1 fully saturated rings. The number of hydrogen-bond donors (Lipinski definition) is 6. The Morgan fingerprint density at radius 2 is 1.88 bits per heavy atom. The van der Waals surface area contributed by atoms with Gasteiger partial charge in [-0.3, -0.25) is 4.52 Å². The van der Waals surface area contributed by atoms with Gasteiger partial charge in [0.2, 0.25) is 0 Å². The fourth-order valence-electron chi connectivity index (χ4n) is 2.97. The Bertz CT molecular complexity index is 1110. The average molecular weight is 519 g/mol. The average Bonchev–Trinajstić information content (AvgIpc) is 3.08. The van der Waals surface area contributed by atoms with Crippen LogP contribution in [-0.2, 0) is 31.6 Å². The molecule has 0 spiro atoms. The Labute approximate surface area is 179 Å². The predicted molar refractivity (Wildman–Crippen MR) is 104 cm³/mol. The fourth-order valence-corrected chi connectivity index (χ4v) is 6.00. The lowest BCUT2D eigenvalue weighted by molar-refractivity contribution is -0.110. The predicted octanol–water partition coefficient (Wildman–Crippen LogP) is -0.0978. The van der Waals surface area contributed by atoms with Gasteiger partial charge in [0, 0.05) is 7.05 Å².